The lowest BCUT2D eigenvalue weighted by Crippen LogP contribution is -2.42. The van der Waals surface area contributed by atoms with E-state index in [1.54, 1.807) is 12.1 Å². The molecule has 1 aliphatic heterocycles. The average molecular weight is 363 g/mol. The van der Waals surface area contributed by atoms with E-state index in [0.717, 1.165) is 0 Å². The summed E-state index contributed by atoms with van der Waals surface area (Å²) in [6, 6.07) is 10.3. The smallest absolute Gasteiger partial charge is 0.341 e. The fourth-order valence-electron chi connectivity index (χ4n) is 2.19. The van der Waals surface area contributed by atoms with Crippen LogP contribution >= 0.6 is 11.6 Å². The molecule has 0 saturated carbocycles. The summed E-state index contributed by atoms with van der Waals surface area (Å²) in [4.78, 5) is 27.4. The van der Waals surface area contributed by atoms with Gasteiger partial charge in [0.1, 0.15) is 17.9 Å². The minimum Gasteiger partial charge on any atom is -0.486 e. The van der Waals surface area contributed by atoms with Crippen LogP contribution < -0.4 is 14.8 Å². The molecule has 1 aliphatic rings. The van der Waals surface area contributed by atoms with Gasteiger partial charge in [0.25, 0.3) is 5.91 Å². The van der Waals surface area contributed by atoms with Crippen molar-refractivity contribution in [2.75, 3.05) is 19.8 Å². The standard InChI is InChI=1S/C17H15ClN2O5/c18-16-12(4-3-7-19-16)17(22)24-10-15(21)20-8-11-9-23-13-5-1-2-6-14(13)25-11/h1-7,11H,8-10H2,(H,20,21)/t11-/m1/s1. The number of fused-ring (bicyclic) bond motifs is 1. The average Bonchev–Trinajstić information content (AvgIpc) is 2.64. The van der Waals surface area contributed by atoms with Crippen molar-refractivity contribution in [2.24, 2.45) is 0 Å². The van der Waals surface area contributed by atoms with Crippen LogP contribution in [0, 0.1) is 0 Å². The van der Waals surface area contributed by atoms with Gasteiger partial charge in [-0.2, -0.15) is 0 Å². The Labute approximate surface area is 148 Å². The Morgan fingerprint density at radius 2 is 2.04 bits per heavy atom. The third kappa shape index (κ3) is 4.39. The number of hydrogen-bond donors (Lipinski definition) is 1. The molecule has 0 bridgehead atoms. The van der Waals surface area contributed by atoms with E-state index in [4.69, 9.17) is 25.8 Å². The minimum atomic E-state index is -0.709. The number of aromatic nitrogens is 1. The molecule has 2 heterocycles. The SMILES string of the molecule is O=C(COC(=O)c1cccnc1Cl)NC[C@@H]1COc2ccccc2O1. The van der Waals surface area contributed by atoms with Crippen LogP contribution in [0.4, 0.5) is 0 Å². The Morgan fingerprint density at radius 1 is 1.24 bits per heavy atom. The number of ether oxygens (including phenoxy) is 3. The molecule has 0 spiro atoms. The van der Waals surface area contributed by atoms with Gasteiger partial charge in [-0.3, -0.25) is 4.79 Å². The van der Waals surface area contributed by atoms with E-state index in [2.05, 4.69) is 10.3 Å². The molecule has 1 aromatic heterocycles. The number of carbonyl (C=O) groups is 2. The fourth-order valence-corrected chi connectivity index (χ4v) is 2.39. The molecule has 3 rings (SSSR count). The Kier molecular flexibility index (Phi) is 5.35. The zero-order chi connectivity index (χ0) is 17.6. The second-order valence-electron chi connectivity index (χ2n) is 5.22. The van der Waals surface area contributed by atoms with Crippen LogP contribution in [0.15, 0.2) is 42.6 Å². The Morgan fingerprint density at radius 3 is 2.84 bits per heavy atom. The fraction of sp³-hybridized carbons (Fsp3) is 0.235. The highest BCUT2D eigenvalue weighted by Crippen LogP contribution is 2.30. The first-order chi connectivity index (χ1) is 12.1. The molecule has 0 aliphatic carbocycles. The van der Waals surface area contributed by atoms with Crippen molar-refractivity contribution in [3.63, 3.8) is 0 Å². The van der Waals surface area contributed by atoms with Crippen LogP contribution in [0.3, 0.4) is 0 Å². The zero-order valence-corrected chi connectivity index (χ0v) is 13.9. The Hall–Kier alpha value is -2.80. The van der Waals surface area contributed by atoms with E-state index in [9.17, 15) is 9.59 Å². The number of para-hydroxylation sites is 2. The number of benzene rings is 1. The van der Waals surface area contributed by atoms with Gasteiger partial charge in [-0.15, -0.1) is 0 Å². The normalized spacial score (nSPS) is 15.3. The number of pyridine rings is 1. The summed E-state index contributed by atoms with van der Waals surface area (Å²) in [5.74, 6) is 0.147. The Bertz CT molecular complexity index is 783. The van der Waals surface area contributed by atoms with E-state index >= 15 is 0 Å². The summed E-state index contributed by atoms with van der Waals surface area (Å²) in [6.07, 6.45) is 1.14. The number of nitrogens with one attached hydrogen (secondary N) is 1. The molecule has 0 fully saturated rings. The molecular weight excluding hydrogens is 348 g/mol. The summed E-state index contributed by atoms with van der Waals surface area (Å²) in [5.41, 5.74) is 0.109. The van der Waals surface area contributed by atoms with E-state index < -0.39 is 18.5 Å². The van der Waals surface area contributed by atoms with Gasteiger partial charge in [-0.25, -0.2) is 9.78 Å². The van der Waals surface area contributed by atoms with Crippen molar-refractivity contribution < 1.29 is 23.8 Å². The lowest BCUT2D eigenvalue weighted by molar-refractivity contribution is -0.124. The minimum absolute atomic E-state index is 0.0272. The number of amides is 1. The Balaban J connectivity index is 1.43. The maximum absolute atomic E-state index is 11.8. The molecule has 1 atom stereocenters. The molecule has 1 N–H and O–H groups in total. The van der Waals surface area contributed by atoms with E-state index in [-0.39, 0.29) is 23.4 Å². The van der Waals surface area contributed by atoms with Gasteiger partial charge in [-0.1, -0.05) is 23.7 Å². The molecule has 1 aromatic carbocycles. The molecule has 25 heavy (non-hydrogen) atoms. The maximum Gasteiger partial charge on any atom is 0.341 e. The summed E-state index contributed by atoms with van der Waals surface area (Å²) in [5, 5.41) is 2.66. The van der Waals surface area contributed by atoms with Crippen molar-refractivity contribution in [1.82, 2.24) is 10.3 Å². The number of rotatable bonds is 5. The molecule has 7 nitrogen and oxygen atoms in total. The van der Waals surface area contributed by atoms with E-state index in [1.165, 1.54) is 12.3 Å². The highest BCUT2D eigenvalue weighted by atomic mass is 35.5. The monoisotopic (exact) mass is 362 g/mol. The summed E-state index contributed by atoms with van der Waals surface area (Å²) < 4.78 is 16.2. The van der Waals surface area contributed by atoms with Crippen LogP contribution in [-0.4, -0.2) is 42.7 Å². The zero-order valence-electron chi connectivity index (χ0n) is 13.1. The lowest BCUT2D eigenvalue weighted by atomic mass is 10.2. The van der Waals surface area contributed by atoms with Crippen LogP contribution in [0.2, 0.25) is 5.15 Å². The van der Waals surface area contributed by atoms with Crippen molar-refractivity contribution in [1.29, 1.82) is 0 Å². The first kappa shape index (κ1) is 17.0. The van der Waals surface area contributed by atoms with Gasteiger partial charge in [-0.05, 0) is 24.3 Å². The molecule has 2 aromatic rings. The van der Waals surface area contributed by atoms with Gasteiger partial charge in [0, 0.05) is 6.20 Å². The summed E-state index contributed by atoms with van der Waals surface area (Å²) >= 11 is 5.80. The summed E-state index contributed by atoms with van der Waals surface area (Å²) in [6.45, 7) is 0.134. The quantitative estimate of drug-likeness (QED) is 0.645. The summed E-state index contributed by atoms with van der Waals surface area (Å²) in [7, 11) is 0. The molecule has 130 valence electrons. The van der Waals surface area contributed by atoms with Crippen molar-refractivity contribution in [3.8, 4) is 11.5 Å². The highest BCUT2D eigenvalue weighted by Gasteiger charge is 2.21. The van der Waals surface area contributed by atoms with Gasteiger partial charge in [0.05, 0.1) is 12.1 Å². The molecule has 0 unspecified atom stereocenters. The first-order valence-corrected chi connectivity index (χ1v) is 7.94. The largest absolute Gasteiger partial charge is 0.486 e. The van der Waals surface area contributed by atoms with Crippen LogP contribution in [-0.2, 0) is 9.53 Å². The number of hydrogen-bond acceptors (Lipinski definition) is 6. The van der Waals surface area contributed by atoms with Gasteiger partial charge in [0.15, 0.2) is 18.1 Å². The van der Waals surface area contributed by atoms with Crippen LogP contribution in [0.1, 0.15) is 10.4 Å². The van der Waals surface area contributed by atoms with E-state index in [0.29, 0.717) is 18.1 Å². The lowest BCUT2D eigenvalue weighted by Gasteiger charge is -2.26. The number of carbonyl (C=O) groups excluding carboxylic acids is 2. The second kappa shape index (κ2) is 7.85. The van der Waals surface area contributed by atoms with Crippen molar-refractivity contribution >= 4 is 23.5 Å². The molecule has 0 saturated heterocycles. The van der Waals surface area contributed by atoms with Crippen LogP contribution in [0.25, 0.3) is 0 Å². The molecule has 0 radical (unpaired) electrons. The number of halogens is 1. The number of nitrogens with zero attached hydrogens (tertiary/aromatic N) is 1. The van der Waals surface area contributed by atoms with E-state index in [1.807, 2.05) is 18.2 Å². The second-order valence-corrected chi connectivity index (χ2v) is 5.58. The topological polar surface area (TPSA) is 86.8 Å². The van der Waals surface area contributed by atoms with Gasteiger partial charge >= 0.3 is 5.97 Å². The van der Waals surface area contributed by atoms with Gasteiger partial charge < -0.3 is 19.5 Å². The first-order valence-electron chi connectivity index (χ1n) is 7.56. The number of esters is 1. The molecule has 1 amide bonds. The molecular formula is C17H15ClN2O5. The predicted molar refractivity (Wildman–Crippen MR) is 88.9 cm³/mol. The third-order valence-electron chi connectivity index (χ3n) is 3.41. The highest BCUT2D eigenvalue weighted by molar-refractivity contribution is 6.32. The maximum atomic E-state index is 11.8. The molecule has 8 heteroatoms. The third-order valence-corrected chi connectivity index (χ3v) is 3.71. The predicted octanol–water partition coefficient (Wildman–Crippen LogP) is 1.85. The van der Waals surface area contributed by atoms with Crippen molar-refractivity contribution in [2.45, 2.75) is 6.10 Å². The van der Waals surface area contributed by atoms with Crippen LogP contribution in [0.5, 0.6) is 11.5 Å². The van der Waals surface area contributed by atoms with Gasteiger partial charge in [0.2, 0.25) is 0 Å². The van der Waals surface area contributed by atoms with Crippen molar-refractivity contribution in [3.05, 3.63) is 53.3 Å².